The molecular weight excluding hydrogens is 304 g/mol. The molecule has 122 valence electrons. The largest absolute Gasteiger partial charge is 0.347 e. The Balaban J connectivity index is 1.62. The van der Waals surface area contributed by atoms with Gasteiger partial charge in [0, 0.05) is 30.6 Å². The van der Waals surface area contributed by atoms with E-state index in [-0.39, 0.29) is 17.8 Å². The molecule has 2 heterocycles. The standard InChI is InChI=1S/C15H17F2N5O/c16-13(17)10-1-3-11(4-2-10)20-15(23)14-19-6-5-12(21-14)22-8-7-18-9-22/h5-11,13H,1-4H2,(H,20,23)/t10-,11-. The van der Waals surface area contributed by atoms with E-state index in [4.69, 9.17) is 0 Å². The highest BCUT2D eigenvalue weighted by atomic mass is 19.3. The minimum absolute atomic E-state index is 0.0622. The molecular formula is C15H17F2N5O. The highest BCUT2D eigenvalue weighted by Gasteiger charge is 2.28. The van der Waals surface area contributed by atoms with Crippen LogP contribution >= 0.6 is 0 Å². The Morgan fingerprint density at radius 2 is 2.04 bits per heavy atom. The van der Waals surface area contributed by atoms with Crippen LogP contribution in [0.2, 0.25) is 0 Å². The van der Waals surface area contributed by atoms with Crippen LogP contribution in [0, 0.1) is 5.92 Å². The summed E-state index contributed by atoms with van der Waals surface area (Å²) in [7, 11) is 0. The molecule has 1 aliphatic carbocycles. The van der Waals surface area contributed by atoms with Crippen LogP contribution in [0.15, 0.2) is 31.0 Å². The molecule has 3 rings (SSSR count). The summed E-state index contributed by atoms with van der Waals surface area (Å²) in [5.41, 5.74) is 0. The van der Waals surface area contributed by atoms with E-state index in [1.54, 1.807) is 29.4 Å². The van der Waals surface area contributed by atoms with Crippen molar-refractivity contribution < 1.29 is 13.6 Å². The van der Waals surface area contributed by atoms with Gasteiger partial charge in [0.05, 0.1) is 0 Å². The molecule has 1 amide bonds. The Hall–Kier alpha value is -2.38. The third-order valence-electron chi connectivity index (χ3n) is 4.08. The molecule has 2 aromatic rings. The summed E-state index contributed by atoms with van der Waals surface area (Å²) in [4.78, 5) is 24.4. The maximum atomic E-state index is 12.6. The smallest absolute Gasteiger partial charge is 0.289 e. The van der Waals surface area contributed by atoms with Gasteiger partial charge < -0.3 is 5.32 Å². The zero-order valence-corrected chi connectivity index (χ0v) is 12.4. The van der Waals surface area contributed by atoms with E-state index < -0.39 is 12.3 Å². The number of carbonyl (C=O) groups is 1. The van der Waals surface area contributed by atoms with Crippen LogP contribution in [0.3, 0.4) is 0 Å². The summed E-state index contributed by atoms with van der Waals surface area (Å²) in [6.45, 7) is 0. The summed E-state index contributed by atoms with van der Waals surface area (Å²) in [6.07, 6.45) is 6.11. The van der Waals surface area contributed by atoms with Gasteiger partial charge >= 0.3 is 0 Å². The van der Waals surface area contributed by atoms with Gasteiger partial charge in [0.25, 0.3) is 5.91 Å². The van der Waals surface area contributed by atoms with Gasteiger partial charge in [0.15, 0.2) is 0 Å². The van der Waals surface area contributed by atoms with Crippen LogP contribution in [0.25, 0.3) is 5.82 Å². The van der Waals surface area contributed by atoms with Crippen LogP contribution in [-0.2, 0) is 0 Å². The van der Waals surface area contributed by atoms with Gasteiger partial charge in [-0.1, -0.05) is 0 Å². The van der Waals surface area contributed by atoms with E-state index in [2.05, 4.69) is 20.3 Å². The molecule has 1 aliphatic rings. The Morgan fingerprint density at radius 1 is 1.26 bits per heavy atom. The summed E-state index contributed by atoms with van der Waals surface area (Å²) in [5.74, 6) is -0.326. The number of alkyl halides is 2. The number of nitrogens with zero attached hydrogens (tertiary/aromatic N) is 4. The molecule has 1 N–H and O–H groups in total. The van der Waals surface area contributed by atoms with Gasteiger partial charge in [-0.15, -0.1) is 0 Å². The van der Waals surface area contributed by atoms with E-state index >= 15 is 0 Å². The molecule has 0 unspecified atom stereocenters. The Morgan fingerprint density at radius 3 is 2.70 bits per heavy atom. The molecule has 8 heteroatoms. The van der Waals surface area contributed by atoms with Crippen molar-refractivity contribution in [3.05, 3.63) is 36.8 Å². The van der Waals surface area contributed by atoms with Crippen molar-refractivity contribution in [3.8, 4) is 5.82 Å². The van der Waals surface area contributed by atoms with Crippen LogP contribution in [0.4, 0.5) is 8.78 Å². The van der Waals surface area contributed by atoms with Gasteiger partial charge in [-0.3, -0.25) is 9.36 Å². The lowest BCUT2D eigenvalue weighted by molar-refractivity contribution is 0.0498. The average molecular weight is 321 g/mol. The number of aromatic nitrogens is 4. The first kappa shape index (κ1) is 15.5. The molecule has 0 saturated heterocycles. The second kappa shape index (κ2) is 6.80. The third-order valence-corrected chi connectivity index (χ3v) is 4.08. The van der Waals surface area contributed by atoms with Crippen LogP contribution in [0.1, 0.15) is 36.3 Å². The molecule has 0 radical (unpaired) electrons. The predicted octanol–water partition coefficient (Wildman–Crippen LogP) is 2.22. The average Bonchev–Trinajstić information content (AvgIpc) is 3.10. The number of carbonyl (C=O) groups excluding carboxylic acids is 1. The van der Waals surface area contributed by atoms with Gasteiger partial charge in [-0.2, -0.15) is 0 Å². The monoisotopic (exact) mass is 321 g/mol. The molecule has 2 aromatic heterocycles. The van der Waals surface area contributed by atoms with E-state index in [1.165, 1.54) is 6.20 Å². The lowest BCUT2D eigenvalue weighted by Crippen LogP contribution is -2.39. The molecule has 0 bridgehead atoms. The van der Waals surface area contributed by atoms with Crippen molar-refractivity contribution >= 4 is 5.91 Å². The quantitative estimate of drug-likeness (QED) is 0.937. The number of hydrogen-bond donors (Lipinski definition) is 1. The van der Waals surface area contributed by atoms with E-state index in [0.29, 0.717) is 31.5 Å². The molecule has 0 atom stereocenters. The molecule has 1 fully saturated rings. The molecule has 0 aliphatic heterocycles. The minimum Gasteiger partial charge on any atom is -0.347 e. The third kappa shape index (κ3) is 3.69. The maximum absolute atomic E-state index is 12.6. The number of halogens is 2. The first-order valence-corrected chi connectivity index (χ1v) is 7.54. The van der Waals surface area contributed by atoms with Crippen LogP contribution in [-0.4, -0.2) is 37.9 Å². The number of hydrogen-bond acceptors (Lipinski definition) is 4. The van der Waals surface area contributed by atoms with Crippen LogP contribution < -0.4 is 5.32 Å². The number of imidazole rings is 1. The van der Waals surface area contributed by atoms with Gasteiger partial charge in [0.2, 0.25) is 12.2 Å². The molecule has 23 heavy (non-hydrogen) atoms. The van der Waals surface area contributed by atoms with Crippen molar-refractivity contribution in [2.75, 3.05) is 0 Å². The summed E-state index contributed by atoms with van der Waals surface area (Å²) in [6, 6.07) is 1.57. The first-order chi connectivity index (χ1) is 11.1. The molecule has 1 saturated carbocycles. The van der Waals surface area contributed by atoms with Crippen LogP contribution in [0.5, 0.6) is 0 Å². The highest BCUT2D eigenvalue weighted by Crippen LogP contribution is 2.29. The van der Waals surface area contributed by atoms with Crippen molar-refractivity contribution in [3.63, 3.8) is 0 Å². The van der Waals surface area contributed by atoms with Gasteiger partial charge in [-0.05, 0) is 31.7 Å². The Bertz CT molecular complexity index is 654. The lowest BCUT2D eigenvalue weighted by Gasteiger charge is -2.28. The Kier molecular flexibility index (Phi) is 4.59. The SMILES string of the molecule is O=C(N[C@H]1CC[C@H](C(F)F)CC1)c1nccc(-n2ccnc2)n1. The van der Waals surface area contributed by atoms with Crippen molar-refractivity contribution in [2.45, 2.75) is 38.2 Å². The predicted molar refractivity (Wildman–Crippen MR) is 78.4 cm³/mol. The first-order valence-electron chi connectivity index (χ1n) is 7.54. The summed E-state index contributed by atoms with van der Waals surface area (Å²) in [5, 5.41) is 2.83. The van der Waals surface area contributed by atoms with Crippen molar-refractivity contribution in [1.82, 2.24) is 24.8 Å². The zero-order valence-electron chi connectivity index (χ0n) is 12.4. The van der Waals surface area contributed by atoms with Crippen molar-refractivity contribution in [2.24, 2.45) is 5.92 Å². The highest BCUT2D eigenvalue weighted by molar-refractivity contribution is 5.90. The van der Waals surface area contributed by atoms with E-state index in [1.807, 2.05) is 0 Å². The Labute approximate surface area is 132 Å². The normalized spacial score (nSPS) is 21.3. The van der Waals surface area contributed by atoms with Crippen molar-refractivity contribution in [1.29, 1.82) is 0 Å². The second-order valence-electron chi connectivity index (χ2n) is 5.63. The van der Waals surface area contributed by atoms with E-state index in [9.17, 15) is 13.6 Å². The van der Waals surface area contributed by atoms with Gasteiger partial charge in [0.1, 0.15) is 12.1 Å². The molecule has 0 aromatic carbocycles. The number of amides is 1. The van der Waals surface area contributed by atoms with Gasteiger partial charge in [-0.25, -0.2) is 23.7 Å². The lowest BCUT2D eigenvalue weighted by atomic mass is 9.86. The summed E-state index contributed by atoms with van der Waals surface area (Å²) < 4.78 is 27.0. The second-order valence-corrected chi connectivity index (χ2v) is 5.63. The fourth-order valence-corrected chi connectivity index (χ4v) is 2.76. The zero-order chi connectivity index (χ0) is 16.2. The fraction of sp³-hybridized carbons (Fsp3) is 0.467. The molecule has 6 nitrogen and oxygen atoms in total. The molecule has 0 spiro atoms. The number of nitrogens with one attached hydrogen (secondary N) is 1. The van der Waals surface area contributed by atoms with E-state index in [0.717, 1.165) is 0 Å². The summed E-state index contributed by atoms with van der Waals surface area (Å²) >= 11 is 0. The number of rotatable bonds is 4. The fourth-order valence-electron chi connectivity index (χ4n) is 2.76. The maximum Gasteiger partial charge on any atom is 0.289 e. The minimum atomic E-state index is -2.28. The topological polar surface area (TPSA) is 72.7 Å².